The maximum Gasteiger partial charge on any atom is 0.416 e. The second-order valence-electron chi connectivity index (χ2n) is 5.55. The molecule has 0 radical (unpaired) electrons. The van der Waals surface area contributed by atoms with Gasteiger partial charge in [-0.25, -0.2) is 4.39 Å². The fourth-order valence-corrected chi connectivity index (χ4v) is 2.27. The van der Waals surface area contributed by atoms with Crippen LogP contribution in [0, 0.1) is 5.82 Å². The molecule has 0 spiro atoms. The van der Waals surface area contributed by atoms with E-state index in [1.165, 1.54) is 4.90 Å². The number of morpholine rings is 1. The summed E-state index contributed by atoms with van der Waals surface area (Å²) in [5, 5.41) is 0. The maximum atomic E-state index is 13.4. The normalized spacial score (nSPS) is 18.7. The molecule has 0 saturated carbocycles. The van der Waals surface area contributed by atoms with E-state index < -0.39 is 29.0 Å². The highest BCUT2D eigenvalue weighted by molar-refractivity contribution is 5.95. The molecule has 21 heavy (non-hydrogen) atoms. The van der Waals surface area contributed by atoms with Crippen LogP contribution < -0.4 is 0 Å². The Morgan fingerprint density at radius 3 is 2.52 bits per heavy atom. The zero-order valence-corrected chi connectivity index (χ0v) is 11.6. The van der Waals surface area contributed by atoms with Gasteiger partial charge in [0.05, 0.1) is 24.3 Å². The lowest BCUT2D eigenvalue weighted by molar-refractivity contribution is -0.137. The highest BCUT2D eigenvalue weighted by Gasteiger charge is 2.36. The lowest BCUT2D eigenvalue weighted by Gasteiger charge is -2.42. The van der Waals surface area contributed by atoms with Crippen LogP contribution in [0.4, 0.5) is 17.6 Å². The van der Waals surface area contributed by atoms with Crippen molar-refractivity contribution in [1.82, 2.24) is 4.90 Å². The first-order chi connectivity index (χ1) is 9.61. The van der Waals surface area contributed by atoms with Crippen LogP contribution in [-0.4, -0.2) is 36.1 Å². The summed E-state index contributed by atoms with van der Waals surface area (Å²) in [6.45, 7) is 4.32. The third-order valence-electron chi connectivity index (χ3n) is 3.36. The summed E-state index contributed by atoms with van der Waals surface area (Å²) in [6.07, 6.45) is -4.70. The Morgan fingerprint density at radius 2 is 1.95 bits per heavy atom. The molecule has 0 unspecified atom stereocenters. The van der Waals surface area contributed by atoms with Gasteiger partial charge in [-0.05, 0) is 32.0 Å². The van der Waals surface area contributed by atoms with Crippen LogP contribution in [-0.2, 0) is 10.9 Å². The maximum absolute atomic E-state index is 13.4. The number of alkyl halides is 3. The number of halogens is 4. The summed E-state index contributed by atoms with van der Waals surface area (Å²) in [6, 6.07) is 1.88. The van der Waals surface area contributed by atoms with Gasteiger partial charge < -0.3 is 9.64 Å². The Bertz CT molecular complexity index is 554. The number of ether oxygens (including phenoxy) is 1. The Balaban J connectivity index is 2.37. The average Bonchev–Trinajstić information content (AvgIpc) is 2.35. The van der Waals surface area contributed by atoms with Gasteiger partial charge in [-0.2, -0.15) is 13.2 Å². The number of carbonyl (C=O) groups excluding carboxylic acids is 1. The summed E-state index contributed by atoms with van der Waals surface area (Å²) in [5.74, 6) is -1.72. The van der Waals surface area contributed by atoms with Gasteiger partial charge in [0.15, 0.2) is 0 Å². The molecule has 0 atom stereocenters. The SMILES string of the molecule is CC1(C)COCCN1C(=O)c1cc(F)cc(C(F)(F)F)c1. The van der Waals surface area contributed by atoms with Crippen LogP contribution >= 0.6 is 0 Å². The van der Waals surface area contributed by atoms with Gasteiger partial charge in [0, 0.05) is 12.1 Å². The fourth-order valence-electron chi connectivity index (χ4n) is 2.27. The van der Waals surface area contributed by atoms with Crippen molar-refractivity contribution in [2.24, 2.45) is 0 Å². The van der Waals surface area contributed by atoms with Crippen molar-refractivity contribution in [3.63, 3.8) is 0 Å². The number of hydrogen-bond acceptors (Lipinski definition) is 2. The molecule has 116 valence electrons. The molecule has 1 aliphatic heterocycles. The van der Waals surface area contributed by atoms with Crippen molar-refractivity contribution >= 4 is 5.91 Å². The van der Waals surface area contributed by atoms with Crippen LogP contribution in [0.2, 0.25) is 0 Å². The van der Waals surface area contributed by atoms with Crippen LogP contribution in [0.3, 0.4) is 0 Å². The van der Waals surface area contributed by atoms with E-state index in [1.54, 1.807) is 13.8 Å². The van der Waals surface area contributed by atoms with E-state index in [4.69, 9.17) is 4.74 Å². The quantitative estimate of drug-likeness (QED) is 0.746. The summed E-state index contributed by atoms with van der Waals surface area (Å²) in [5.41, 5.74) is -2.13. The molecule has 3 nitrogen and oxygen atoms in total. The van der Waals surface area contributed by atoms with E-state index in [9.17, 15) is 22.4 Å². The smallest absolute Gasteiger partial charge is 0.377 e. The Morgan fingerprint density at radius 1 is 1.29 bits per heavy atom. The van der Waals surface area contributed by atoms with E-state index in [0.717, 1.165) is 6.07 Å². The molecule has 1 amide bonds. The molecule has 1 aromatic carbocycles. The van der Waals surface area contributed by atoms with Gasteiger partial charge >= 0.3 is 6.18 Å². The lowest BCUT2D eigenvalue weighted by atomic mass is 10.00. The molecule has 1 saturated heterocycles. The molecule has 1 aromatic rings. The van der Waals surface area contributed by atoms with Gasteiger partial charge in [0.2, 0.25) is 0 Å². The molecule has 1 heterocycles. The molecule has 1 fully saturated rings. The van der Waals surface area contributed by atoms with Crippen molar-refractivity contribution in [2.45, 2.75) is 25.6 Å². The molecule has 0 N–H and O–H groups in total. The number of nitrogens with zero attached hydrogens (tertiary/aromatic N) is 1. The molecular weight excluding hydrogens is 290 g/mol. The number of benzene rings is 1. The molecule has 2 rings (SSSR count). The Hall–Kier alpha value is -1.63. The predicted octanol–water partition coefficient (Wildman–Crippen LogP) is 3.10. The first-order valence-corrected chi connectivity index (χ1v) is 6.39. The molecule has 0 aromatic heterocycles. The number of rotatable bonds is 1. The van der Waals surface area contributed by atoms with Gasteiger partial charge in [-0.15, -0.1) is 0 Å². The molecule has 0 aliphatic carbocycles. The van der Waals surface area contributed by atoms with Crippen molar-refractivity contribution in [1.29, 1.82) is 0 Å². The summed E-state index contributed by atoms with van der Waals surface area (Å²) in [4.78, 5) is 13.8. The number of amides is 1. The van der Waals surface area contributed by atoms with Crippen molar-refractivity contribution in [3.8, 4) is 0 Å². The minimum atomic E-state index is -4.70. The minimum absolute atomic E-state index is 0.254. The minimum Gasteiger partial charge on any atom is -0.377 e. The largest absolute Gasteiger partial charge is 0.416 e. The third-order valence-corrected chi connectivity index (χ3v) is 3.36. The Labute approximate surface area is 119 Å². The molecule has 7 heteroatoms. The summed E-state index contributed by atoms with van der Waals surface area (Å²) in [7, 11) is 0. The van der Waals surface area contributed by atoms with E-state index in [2.05, 4.69) is 0 Å². The van der Waals surface area contributed by atoms with E-state index in [-0.39, 0.29) is 18.7 Å². The predicted molar refractivity (Wildman–Crippen MR) is 67.3 cm³/mol. The fraction of sp³-hybridized carbons (Fsp3) is 0.500. The third kappa shape index (κ3) is 3.34. The molecule has 0 bridgehead atoms. The number of hydrogen-bond donors (Lipinski definition) is 0. The van der Waals surface area contributed by atoms with Crippen molar-refractivity contribution in [2.75, 3.05) is 19.8 Å². The highest BCUT2D eigenvalue weighted by atomic mass is 19.4. The summed E-state index contributed by atoms with van der Waals surface area (Å²) < 4.78 is 56.7. The number of carbonyl (C=O) groups is 1. The molecule has 1 aliphatic rings. The van der Waals surface area contributed by atoms with Gasteiger partial charge in [-0.3, -0.25) is 4.79 Å². The van der Waals surface area contributed by atoms with Crippen molar-refractivity contribution in [3.05, 3.63) is 35.1 Å². The van der Waals surface area contributed by atoms with E-state index in [1.807, 2.05) is 0 Å². The van der Waals surface area contributed by atoms with Crippen molar-refractivity contribution < 1.29 is 27.1 Å². The molecular formula is C14H15F4NO2. The highest BCUT2D eigenvalue weighted by Crippen LogP contribution is 2.31. The average molecular weight is 305 g/mol. The van der Waals surface area contributed by atoms with Gasteiger partial charge in [0.25, 0.3) is 5.91 Å². The second-order valence-corrected chi connectivity index (χ2v) is 5.55. The monoisotopic (exact) mass is 305 g/mol. The van der Waals surface area contributed by atoms with Crippen LogP contribution in [0.25, 0.3) is 0 Å². The van der Waals surface area contributed by atoms with Gasteiger partial charge in [0.1, 0.15) is 5.82 Å². The van der Waals surface area contributed by atoms with E-state index >= 15 is 0 Å². The Kier molecular flexibility index (Phi) is 3.97. The topological polar surface area (TPSA) is 29.5 Å². The van der Waals surface area contributed by atoms with Crippen LogP contribution in [0.1, 0.15) is 29.8 Å². The zero-order valence-electron chi connectivity index (χ0n) is 11.6. The first kappa shape index (κ1) is 15.8. The zero-order chi connectivity index (χ0) is 15.8. The standard InChI is InChI=1S/C14H15F4NO2/c1-13(2)8-21-4-3-19(13)12(20)9-5-10(14(16,17)18)7-11(15)6-9/h5-7H,3-4,8H2,1-2H3. The van der Waals surface area contributed by atoms with Crippen LogP contribution in [0.15, 0.2) is 18.2 Å². The first-order valence-electron chi connectivity index (χ1n) is 6.39. The second kappa shape index (κ2) is 5.29. The summed E-state index contributed by atoms with van der Waals surface area (Å²) >= 11 is 0. The van der Waals surface area contributed by atoms with Crippen LogP contribution in [0.5, 0.6) is 0 Å². The van der Waals surface area contributed by atoms with E-state index in [0.29, 0.717) is 18.7 Å². The lowest BCUT2D eigenvalue weighted by Crippen LogP contribution is -2.55. The van der Waals surface area contributed by atoms with Gasteiger partial charge in [-0.1, -0.05) is 0 Å².